The molecule has 0 atom stereocenters. The summed E-state index contributed by atoms with van der Waals surface area (Å²) >= 11 is 0. The topological polar surface area (TPSA) is 85.3 Å². The Morgan fingerprint density at radius 1 is 0.718 bits per heavy atom. The number of methoxy groups -OCH3 is 1. The summed E-state index contributed by atoms with van der Waals surface area (Å²) in [6.07, 6.45) is 4.83. The van der Waals surface area contributed by atoms with Gasteiger partial charge in [-0.3, -0.25) is 0 Å². The molecule has 2 aromatic rings. The molecule has 0 unspecified atom stereocenters. The predicted octanol–water partition coefficient (Wildman–Crippen LogP) is 6.14. The van der Waals surface area contributed by atoms with Gasteiger partial charge in [-0.15, -0.1) is 0 Å². The maximum atomic E-state index is 9.40. The molecule has 0 aliphatic heterocycles. The Labute approximate surface area is 242 Å². The lowest BCUT2D eigenvalue weighted by Crippen LogP contribution is -2.21. The predicted molar refractivity (Wildman–Crippen MR) is 164 cm³/mol. The van der Waals surface area contributed by atoms with E-state index in [1.807, 2.05) is 48.5 Å². The van der Waals surface area contributed by atoms with E-state index in [1.165, 1.54) is 30.8 Å². The summed E-state index contributed by atoms with van der Waals surface area (Å²) < 4.78 is 34.7. The molecule has 39 heavy (non-hydrogen) atoms. The van der Waals surface area contributed by atoms with Crippen LogP contribution in [0.2, 0.25) is 0 Å². The Bertz CT molecular complexity index is 824. The van der Waals surface area contributed by atoms with E-state index in [1.54, 1.807) is 7.11 Å². The Hall–Kier alpha value is -1.52. The van der Waals surface area contributed by atoms with Crippen LogP contribution in [-0.4, -0.2) is 77.9 Å². The summed E-state index contributed by atoms with van der Waals surface area (Å²) in [5.41, 5.74) is 2.44. The minimum Gasteiger partial charge on any atom is -0.396 e. The van der Waals surface area contributed by atoms with Gasteiger partial charge in [0.1, 0.15) is 0 Å². The van der Waals surface area contributed by atoms with Crippen LogP contribution in [0.4, 0.5) is 0 Å². The van der Waals surface area contributed by atoms with Crippen molar-refractivity contribution in [3.05, 3.63) is 71.8 Å². The summed E-state index contributed by atoms with van der Waals surface area (Å²) in [7, 11) is 3.03. The molecule has 0 amide bonds. The number of rotatable bonds is 16. The molecule has 0 aliphatic rings. The van der Waals surface area contributed by atoms with Gasteiger partial charge in [-0.2, -0.15) is 0 Å². The van der Waals surface area contributed by atoms with Crippen LogP contribution in [0.15, 0.2) is 60.7 Å². The van der Waals surface area contributed by atoms with Crippen molar-refractivity contribution < 1.29 is 27.7 Å². The van der Waals surface area contributed by atoms with Crippen LogP contribution in [0.1, 0.15) is 57.6 Å². The highest BCUT2D eigenvalue weighted by Crippen LogP contribution is 2.02. The van der Waals surface area contributed by atoms with Crippen LogP contribution in [-0.2, 0) is 36.5 Å². The highest BCUT2D eigenvalue weighted by atomic mass is 35.7. The average molecular weight is 590 g/mol. The molecule has 0 saturated carbocycles. The number of ether oxygens (including phenoxy) is 3. The third-order valence-corrected chi connectivity index (χ3v) is 5.15. The zero-order chi connectivity index (χ0) is 29.6. The van der Waals surface area contributed by atoms with Crippen LogP contribution in [0.5, 0.6) is 0 Å². The number of benzene rings is 2. The normalized spacial score (nSPS) is 10.5. The van der Waals surface area contributed by atoms with Crippen LogP contribution in [0.3, 0.4) is 0 Å². The lowest BCUT2D eigenvalue weighted by molar-refractivity contribution is 0.108. The van der Waals surface area contributed by atoms with Gasteiger partial charge in [0.2, 0.25) is 9.05 Å². The van der Waals surface area contributed by atoms with E-state index in [0.717, 1.165) is 51.8 Å². The molecule has 0 bridgehead atoms. The molecule has 2 rings (SSSR count). The van der Waals surface area contributed by atoms with E-state index in [9.17, 15) is 8.42 Å². The van der Waals surface area contributed by atoms with Crippen LogP contribution < -0.4 is 0 Å². The third-order valence-electron chi connectivity index (χ3n) is 5.15. The summed E-state index contributed by atoms with van der Waals surface area (Å²) in [6.45, 7) is 14.1. The molecule has 0 heterocycles. The van der Waals surface area contributed by atoms with Crippen molar-refractivity contribution in [1.29, 1.82) is 0 Å². The molecule has 0 saturated heterocycles. The molecule has 2 aromatic carbocycles. The SMILES string of the molecule is CCN(CC)CC.COCCCCOCc1ccccc1.CS(=O)(=O)Cl.OCCCCOCc1ccccc1. The lowest BCUT2D eigenvalue weighted by Gasteiger charge is -2.13. The van der Waals surface area contributed by atoms with E-state index in [4.69, 9.17) is 19.3 Å². The van der Waals surface area contributed by atoms with Crippen molar-refractivity contribution in [1.82, 2.24) is 4.90 Å². The zero-order valence-electron chi connectivity index (χ0n) is 24.7. The quantitative estimate of drug-likeness (QED) is 0.186. The summed E-state index contributed by atoms with van der Waals surface area (Å²) in [5, 5.41) is 8.53. The molecule has 0 aromatic heterocycles. The highest BCUT2D eigenvalue weighted by Gasteiger charge is 1.93. The van der Waals surface area contributed by atoms with Gasteiger partial charge in [0, 0.05) is 44.2 Å². The first kappa shape index (κ1) is 39.6. The van der Waals surface area contributed by atoms with Gasteiger partial charge in [-0.05, 0) is 56.4 Å². The van der Waals surface area contributed by atoms with Crippen molar-refractivity contribution in [3.63, 3.8) is 0 Å². The van der Waals surface area contributed by atoms with Gasteiger partial charge in [-0.1, -0.05) is 81.4 Å². The van der Waals surface area contributed by atoms with Crippen molar-refractivity contribution >= 4 is 19.7 Å². The van der Waals surface area contributed by atoms with Crippen molar-refractivity contribution in [2.24, 2.45) is 0 Å². The van der Waals surface area contributed by atoms with E-state index < -0.39 is 9.05 Å². The molecule has 9 heteroatoms. The van der Waals surface area contributed by atoms with E-state index in [0.29, 0.717) is 13.2 Å². The summed E-state index contributed by atoms with van der Waals surface area (Å²) in [4.78, 5) is 2.38. The van der Waals surface area contributed by atoms with Crippen molar-refractivity contribution in [2.75, 3.05) is 59.4 Å². The third kappa shape index (κ3) is 34.5. The number of halogens is 1. The number of nitrogens with zero attached hydrogens (tertiary/aromatic N) is 1. The molecular formula is C30H52ClNO6S. The maximum absolute atomic E-state index is 9.40. The van der Waals surface area contributed by atoms with E-state index >= 15 is 0 Å². The first-order valence-corrected chi connectivity index (χ1v) is 16.4. The van der Waals surface area contributed by atoms with Gasteiger partial charge in [0.05, 0.1) is 19.5 Å². The number of aliphatic hydroxyl groups excluding tert-OH is 1. The zero-order valence-corrected chi connectivity index (χ0v) is 26.3. The van der Waals surface area contributed by atoms with Gasteiger partial charge >= 0.3 is 0 Å². The number of hydrogen-bond acceptors (Lipinski definition) is 7. The molecule has 7 nitrogen and oxygen atoms in total. The fraction of sp³-hybridized carbons (Fsp3) is 0.600. The number of hydrogen-bond donors (Lipinski definition) is 1. The highest BCUT2D eigenvalue weighted by molar-refractivity contribution is 8.13. The summed E-state index contributed by atoms with van der Waals surface area (Å²) in [6, 6.07) is 20.3. The molecule has 0 aliphatic carbocycles. The summed E-state index contributed by atoms with van der Waals surface area (Å²) in [5.74, 6) is 0. The van der Waals surface area contributed by atoms with Gasteiger partial charge in [-0.25, -0.2) is 8.42 Å². The number of unbranched alkanes of at least 4 members (excludes halogenated alkanes) is 2. The Balaban J connectivity index is 0. The molecule has 0 radical (unpaired) electrons. The fourth-order valence-corrected chi connectivity index (χ4v) is 2.97. The molecule has 226 valence electrons. The first-order valence-electron chi connectivity index (χ1n) is 13.7. The lowest BCUT2D eigenvalue weighted by atomic mass is 10.2. The second kappa shape index (κ2) is 29.5. The van der Waals surface area contributed by atoms with Crippen molar-refractivity contribution in [2.45, 2.75) is 59.7 Å². The minimum atomic E-state index is -3.19. The molecule has 0 fully saturated rings. The molecule has 0 spiro atoms. The van der Waals surface area contributed by atoms with Crippen molar-refractivity contribution in [3.8, 4) is 0 Å². The standard InChI is InChI=1S/C12H18O2.C11H16O2.C6H15N.CH3ClO2S/c1-13-9-5-6-10-14-11-12-7-3-2-4-8-12;12-8-4-5-9-13-10-11-6-2-1-3-7-11;1-4-7(5-2)6-3;1-5(2,3)4/h2-4,7-8H,5-6,9-11H2,1H3;1-3,6-7,12H,4-5,8-10H2;4-6H2,1-3H3;1H3. The smallest absolute Gasteiger partial charge is 0.229 e. The second-order valence-electron chi connectivity index (χ2n) is 8.51. The van der Waals surface area contributed by atoms with Crippen LogP contribution in [0.25, 0.3) is 0 Å². The molecular weight excluding hydrogens is 538 g/mol. The fourth-order valence-electron chi connectivity index (χ4n) is 2.97. The first-order chi connectivity index (χ1) is 18.7. The monoisotopic (exact) mass is 589 g/mol. The van der Waals surface area contributed by atoms with E-state index in [-0.39, 0.29) is 6.61 Å². The maximum Gasteiger partial charge on any atom is 0.229 e. The van der Waals surface area contributed by atoms with Gasteiger partial charge in [0.25, 0.3) is 0 Å². The number of aliphatic hydroxyl groups is 1. The van der Waals surface area contributed by atoms with E-state index in [2.05, 4.69) is 48.5 Å². The minimum absolute atomic E-state index is 0.259. The van der Waals surface area contributed by atoms with Crippen LogP contribution in [0, 0.1) is 0 Å². The Morgan fingerprint density at radius 3 is 1.38 bits per heavy atom. The van der Waals surface area contributed by atoms with Gasteiger partial charge < -0.3 is 24.2 Å². The Kier molecular flexibility index (Phi) is 29.9. The second-order valence-corrected chi connectivity index (χ2v) is 11.6. The Morgan fingerprint density at radius 2 is 1.08 bits per heavy atom. The van der Waals surface area contributed by atoms with Gasteiger partial charge in [0.15, 0.2) is 0 Å². The average Bonchev–Trinajstić information content (AvgIpc) is 2.93. The molecule has 1 N–H and O–H groups in total. The largest absolute Gasteiger partial charge is 0.396 e. The van der Waals surface area contributed by atoms with Crippen LogP contribution >= 0.6 is 10.7 Å².